The molecule has 0 spiro atoms. The van der Waals surface area contributed by atoms with Gasteiger partial charge in [-0.15, -0.1) is 0 Å². The zero-order chi connectivity index (χ0) is 10.6. The SMILES string of the molecule is CC(C)[S+]([O-])c1ccc(CC=O)cc1. The van der Waals surface area contributed by atoms with E-state index >= 15 is 0 Å². The molecule has 0 aliphatic rings. The van der Waals surface area contributed by atoms with Crippen molar-refractivity contribution < 1.29 is 9.35 Å². The van der Waals surface area contributed by atoms with E-state index in [4.69, 9.17) is 0 Å². The first-order chi connectivity index (χ1) is 6.65. The Hall–Kier alpha value is -0.800. The quantitative estimate of drug-likeness (QED) is 0.563. The third-order valence-electron chi connectivity index (χ3n) is 1.90. The lowest BCUT2D eigenvalue weighted by molar-refractivity contribution is -0.107. The minimum absolute atomic E-state index is 0.131. The minimum Gasteiger partial charge on any atom is -0.611 e. The van der Waals surface area contributed by atoms with Gasteiger partial charge in [0.2, 0.25) is 0 Å². The van der Waals surface area contributed by atoms with Gasteiger partial charge in [-0.25, -0.2) is 0 Å². The molecule has 0 bridgehead atoms. The smallest absolute Gasteiger partial charge is 0.152 e. The van der Waals surface area contributed by atoms with Crippen LogP contribution in [0.5, 0.6) is 0 Å². The zero-order valence-electron chi connectivity index (χ0n) is 8.40. The van der Waals surface area contributed by atoms with Crippen molar-refractivity contribution in [2.24, 2.45) is 0 Å². The summed E-state index contributed by atoms with van der Waals surface area (Å²) in [5.74, 6) is 0. The van der Waals surface area contributed by atoms with Gasteiger partial charge in [0.25, 0.3) is 0 Å². The molecule has 1 aromatic carbocycles. The largest absolute Gasteiger partial charge is 0.611 e. The summed E-state index contributed by atoms with van der Waals surface area (Å²) < 4.78 is 11.7. The van der Waals surface area contributed by atoms with Crippen LogP contribution in [0.15, 0.2) is 29.2 Å². The van der Waals surface area contributed by atoms with Gasteiger partial charge in [0.15, 0.2) is 4.90 Å². The highest BCUT2D eigenvalue weighted by Gasteiger charge is 2.14. The van der Waals surface area contributed by atoms with Crippen LogP contribution in [0, 0.1) is 0 Å². The van der Waals surface area contributed by atoms with Crippen LogP contribution >= 0.6 is 0 Å². The van der Waals surface area contributed by atoms with Crippen molar-refractivity contribution in [1.29, 1.82) is 0 Å². The number of carbonyl (C=O) groups excluding carboxylic acids is 1. The molecule has 0 aliphatic heterocycles. The first kappa shape index (κ1) is 11.3. The lowest BCUT2D eigenvalue weighted by atomic mass is 10.2. The highest BCUT2D eigenvalue weighted by molar-refractivity contribution is 7.92. The molecule has 0 aromatic heterocycles. The fraction of sp³-hybridized carbons (Fsp3) is 0.364. The average Bonchev–Trinajstić information content (AvgIpc) is 2.18. The molecule has 14 heavy (non-hydrogen) atoms. The number of aldehydes is 1. The third kappa shape index (κ3) is 2.86. The molecule has 1 atom stereocenters. The number of benzene rings is 1. The maximum Gasteiger partial charge on any atom is 0.152 e. The zero-order valence-corrected chi connectivity index (χ0v) is 9.21. The van der Waals surface area contributed by atoms with Gasteiger partial charge in [0.1, 0.15) is 11.5 Å². The second kappa shape index (κ2) is 5.17. The van der Waals surface area contributed by atoms with E-state index in [0.717, 1.165) is 16.7 Å². The van der Waals surface area contributed by atoms with Crippen LogP contribution in [0.3, 0.4) is 0 Å². The van der Waals surface area contributed by atoms with Crippen molar-refractivity contribution in [3.63, 3.8) is 0 Å². The second-order valence-electron chi connectivity index (χ2n) is 3.36. The summed E-state index contributed by atoms with van der Waals surface area (Å²) in [4.78, 5) is 11.1. The van der Waals surface area contributed by atoms with Crippen LogP contribution in [0.25, 0.3) is 0 Å². The van der Waals surface area contributed by atoms with Gasteiger partial charge in [0, 0.05) is 6.42 Å². The van der Waals surface area contributed by atoms with Crippen LogP contribution in [0.1, 0.15) is 19.4 Å². The molecular weight excluding hydrogens is 196 g/mol. The summed E-state index contributed by atoms with van der Waals surface area (Å²) in [6, 6.07) is 7.36. The Morgan fingerprint density at radius 3 is 2.36 bits per heavy atom. The molecule has 0 heterocycles. The molecule has 3 heteroatoms. The Kier molecular flexibility index (Phi) is 4.17. The maximum atomic E-state index is 11.7. The van der Waals surface area contributed by atoms with E-state index < -0.39 is 11.2 Å². The van der Waals surface area contributed by atoms with Crippen molar-refractivity contribution in [1.82, 2.24) is 0 Å². The van der Waals surface area contributed by atoms with Gasteiger partial charge in [-0.05, 0) is 42.7 Å². The van der Waals surface area contributed by atoms with E-state index in [-0.39, 0.29) is 5.25 Å². The van der Waals surface area contributed by atoms with Gasteiger partial charge < -0.3 is 9.35 Å². The fourth-order valence-electron chi connectivity index (χ4n) is 1.13. The van der Waals surface area contributed by atoms with Gasteiger partial charge in [-0.3, -0.25) is 0 Å². The van der Waals surface area contributed by atoms with Crippen molar-refractivity contribution >= 4 is 17.5 Å². The third-order valence-corrected chi connectivity index (χ3v) is 3.50. The number of hydrogen-bond donors (Lipinski definition) is 0. The predicted octanol–water partition coefficient (Wildman–Crippen LogP) is 1.94. The summed E-state index contributed by atoms with van der Waals surface area (Å²) in [5, 5.41) is 0.131. The Labute approximate surface area is 87.5 Å². The van der Waals surface area contributed by atoms with Crippen LogP contribution in [-0.2, 0) is 22.4 Å². The van der Waals surface area contributed by atoms with E-state index in [1.807, 2.05) is 38.1 Å². The summed E-state index contributed by atoms with van der Waals surface area (Å²) >= 11 is -0.936. The average molecular weight is 210 g/mol. The van der Waals surface area contributed by atoms with Crippen molar-refractivity contribution in [3.8, 4) is 0 Å². The first-order valence-electron chi connectivity index (χ1n) is 4.58. The van der Waals surface area contributed by atoms with Gasteiger partial charge in [-0.2, -0.15) is 0 Å². The minimum atomic E-state index is -0.936. The molecule has 0 N–H and O–H groups in total. The number of rotatable bonds is 4. The summed E-state index contributed by atoms with van der Waals surface area (Å²) in [5.41, 5.74) is 0.963. The fourth-order valence-corrected chi connectivity index (χ4v) is 2.08. The first-order valence-corrected chi connectivity index (χ1v) is 5.79. The Morgan fingerprint density at radius 2 is 1.93 bits per heavy atom. The molecule has 1 aromatic rings. The highest BCUT2D eigenvalue weighted by atomic mass is 32.2. The van der Waals surface area contributed by atoms with E-state index in [1.54, 1.807) is 0 Å². The van der Waals surface area contributed by atoms with Gasteiger partial charge >= 0.3 is 0 Å². The van der Waals surface area contributed by atoms with E-state index in [0.29, 0.717) is 6.42 Å². The molecule has 1 rings (SSSR count). The highest BCUT2D eigenvalue weighted by Crippen LogP contribution is 2.16. The second-order valence-corrected chi connectivity index (χ2v) is 5.37. The van der Waals surface area contributed by atoms with E-state index in [2.05, 4.69) is 0 Å². The molecule has 0 saturated heterocycles. The monoisotopic (exact) mass is 210 g/mol. The van der Waals surface area contributed by atoms with E-state index in [1.165, 1.54) is 0 Å². The standard InChI is InChI=1S/C11H14O2S/c1-9(2)14(13)11-5-3-10(4-6-11)7-8-12/h3-6,8-9H,7H2,1-2H3. The molecule has 0 saturated carbocycles. The molecule has 0 aliphatic carbocycles. The molecule has 1 unspecified atom stereocenters. The number of hydrogen-bond acceptors (Lipinski definition) is 2. The van der Waals surface area contributed by atoms with Crippen molar-refractivity contribution in [3.05, 3.63) is 29.8 Å². The molecule has 0 amide bonds. The predicted molar refractivity (Wildman–Crippen MR) is 57.8 cm³/mol. The molecule has 2 nitrogen and oxygen atoms in total. The Morgan fingerprint density at radius 1 is 1.36 bits per heavy atom. The summed E-state index contributed by atoms with van der Waals surface area (Å²) in [7, 11) is 0. The molecule has 76 valence electrons. The van der Waals surface area contributed by atoms with Crippen molar-refractivity contribution in [2.45, 2.75) is 30.4 Å². The Balaban J connectivity index is 2.77. The molecular formula is C11H14O2S. The van der Waals surface area contributed by atoms with E-state index in [9.17, 15) is 9.35 Å². The van der Waals surface area contributed by atoms with Crippen LogP contribution in [0.4, 0.5) is 0 Å². The molecule has 0 fully saturated rings. The van der Waals surface area contributed by atoms with Gasteiger partial charge in [-0.1, -0.05) is 12.1 Å². The van der Waals surface area contributed by atoms with Crippen LogP contribution in [-0.4, -0.2) is 16.1 Å². The topological polar surface area (TPSA) is 40.1 Å². The van der Waals surface area contributed by atoms with Gasteiger partial charge in [0.05, 0.1) is 0 Å². The van der Waals surface area contributed by atoms with Crippen LogP contribution < -0.4 is 0 Å². The lowest BCUT2D eigenvalue weighted by Crippen LogP contribution is -2.13. The van der Waals surface area contributed by atoms with Crippen LogP contribution in [0.2, 0.25) is 0 Å². The summed E-state index contributed by atoms with van der Waals surface area (Å²) in [6.07, 6.45) is 1.29. The Bertz CT molecular complexity index is 293. The normalized spacial score (nSPS) is 12.9. The number of carbonyl (C=O) groups is 1. The maximum absolute atomic E-state index is 11.7. The summed E-state index contributed by atoms with van der Waals surface area (Å²) in [6.45, 7) is 3.85. The molecule has 0 radical (unpaired) electrons. The lowest BCUT2D eigenvalue weighted by Gasteiger charge is -2.13. The van der Waals surface area contributed by atoms with Crippen molar-refractivity contribution in [2.75, 3.05) is 0 Å².